The topological polar surface area (TPSA) is 49.2 Å². The van der Waals surface area contributed by atoms with Crippen LogP contribution in [0.1, 0.15) is 48.4 Å². The third kappa shape index (κ3) is 4.50. The van der Waals surface area contributed by atoms with Crippen molar-refractivity contribution in [1.29, 1.82) is 0 Å². The number of rotatable bonds is 8. The van der Waals surface area contributed by atoms with Gasteiger partial charge in [0.1, 0.15) is 0 Å². The molecule has 0 aliphatic heterocycles. The van der Waals surface area contributed by atoms with Crippen LogP contribution in [-0.4, -0.2) is 21.6 Å². The second-order valence-electron chi connectivity index (χ2n) is 7.75. The SMILES string of the molecule is CCCN(c1nc(-c2ccc(Cl)cc2Cl)c(C)s1)C(c1cc(CO)ccn1)C1CC1. The van der Waals surface area contributed by atoms with Gasteiger partial charge in [-0.25, -0.2) is 4.98 Å². The predicted molar refractivity (Wildman–Crippen MR) is 126 cm³/mol. The molecule has 1 aliphatic rings. The minimum atomic E-state index is 0.0241. The molecule has 4 rings (SSSR count). The van der Waals surface area contributed by atoms with Crippen molar-refractivity contribution in [3.05, 3.63) is 62.7 Å². The fourth-order valence-electron chi connectivity index (χ4n) is 3.85. The van der Waals surface area contributed by atoms with Gasteiger partial charge in [0, 0.05) is 28.2 Å². The van der Waals surface area contributed by atoms with Gasteiger partial charge in [0.05, 0.1) is 29.1 Å². The minimum Gasteiger partial charge on any atom is -0.392 e. The van der Waals surface area contributed by atoms with Gasteiger partial charge < -0.3 is 10.0 Å². The maximum Gasteiger partial charge on any atom is 0.186 e. The normalized spacial score (nSPS) is 14.7. The number of aliphatic hydroxyl groups excluding tert-OH is 1. The van der Waals surface area contributed by atoms with E-state index >= 15 is 0 Å². The first-order valence-electron chi connectivity index (χ1n) is 10.3. The number of aryl methyl sites for hydroxylation is 1. The number of nitrogens with zero attached hydrogens (tertiary/aromatic N) is 3. The Morgan fingerprint density at radius 3 is 2.70 bits per heavy atom. The second kappa shape index (κ2) is 9.23. The second-order valence-corrected chi connectivity index (χ2v) is 9.77. The van der Waals surface area contributed by atoms with E-state index in [-0.39, 0.29) is 12.6 Å². The van der Waals surface area contributed by atoms with Gasteiger partial charge >= 0.3 is 0 Å². The van der Waals surface area contributed by atoms with Crippen molar-refractivity contribution >= 4 is 39.7 Å². The van der Waals surface area contributed by atoms with Gasteiger partial charge in [-0.05, 0) is 68.0 Å². The molecule has 1 N–H and O–H groups in total. The summed E-state index contributed by atoms with van der Waals surface area (Å²) in [5, 5.41) is 11.8. The molecule has 2 aromatic heterocycles. The van der Waals surface area contributed by atoms with E-state index in [0.717, 1.165) is 45.5 Å². The first-order chi connectivity index (χ1) is 14.5. The summed E-state index contributed by atoms with van der Waals surface area (Å²) >= 11 is 14.2. The van der Waals surface area contributed by atoms with E-state index in [1.807, 2.05) is 24.3 Å². The van der Waals surface area contributed by atoms with Crippen LogP contribution in [0, 0.1) is 12.8 Å². The molecule has 1 saturated carbocycles. The van der Waals surface area contributed by atoms with E-state index in [2.05, 4.69) is 23.7 Å². The van der Waals surface area contributed by atoms with E-state index in [1.165, 1.54) is 12.8 Å². The lowest BCUT2D eigenvalue weighted by atomic mass is 10.0. The van der Waals surface area contributed by atoms with Gasteiger partial charge in [0.15, 0.2) is 5.13 Å². The van der Waals surface area contributed by atoms with E-state index in [9.17, 15) is 5.11 Å². The van der Waals surface area contributed by atoms with Crippen molar-refractivity contribution in [2.75, 3.05) is 11.4 Å². The first-order valence-corrected chi connectivity index (χ1v) is 11.8. The van der Waals surface area contributed by atoms with E-state index in [4.69, 9.17) is 28.2 Å². The fourth-order valence-corrected chi connectivity index (χ4v) is 5.34. The summed E-state index contributed by atoms with van der Waals surface area (Å²) in [7, 11) is 0. The Morgan fingerprint density at radius 2 is 2.03 bits per heavy atom. The molecule has 0 saturated heterocycles. The van der Waals surface area contributed by atoms with Crippen molar-refractivity contribution < 1.29 is 5.11 Å². The Kier molecular flexibility index (Phi) is 6.63. The Bertz CT molecular complexity index is 1040. The molecule has 1 aromatic carbocycles. The number of hydrogen-bond donors (Lipinski definition) is 1. The first kappa shape index (κ1) is 21.6. The molecule has 0 bridgehead atoms. The van der Waals surface area contributed by atoms with Crippen LogP contribution in [0.4, 0.5) is 5.13 Å². The van der Waals surface area contributed by atoms with Gasteiger partial charge in [-0.15, -0.1) is 11.3 Å². The quantitative estimate of drug-likeness (QED) is 0.406. The smallest absolute Gasteiger partial charge is 0.186 e. The molecule has 158 valence electrons. The molecule has 1 atom stereocenters. The van der Waals surface area contributed by atoms with Crippen molar-refractivity contribution in [2.24, 2.45) is 5.92 Å². The highest BCUT2D eigenvalue weighted by Gasteiger charge is 2.38. The number of halogens is 2. The van der Waals surface area contributed by atoms with Gasteiger partial charge in [0.25, 0.3) is 0 Å². The lowest BCUT2D eigenvalue weighted by Gasteiger charge is -2.31. The van der Waals surface area contributed by atoms with Crippen LogP contribution in [0.25, 0.3) is 11.3 Å². The molecule has 3 aromatic rings. The minimum absolute atomic E-state index is 0.0241. The Hall–Kier alpha value is -1.66. The highest BCUT2D eigenvalue weighted by atomic mass is 35.5. The van der Waals surface area contributed by atoms with Crippen LogP contribution in [0.2, 0.25) is 10.0 Å². The van der Waals surface area contributed by atoms with Crippen LogP contribution in [0.5, 0.6) is 0 Å². The number of anilines is 1. The Labute approximate surface area is 191 Å². The third-order valence-electron chi connectivity index (χ3n) is 5.42. The molecule has 1 aliphatic carbocycles. The fraction of sp³-hybridized carbons (Fsp3) is 0.391. The zero-order valence-electron chi connectivity index (χ0n) is 17.1. The summed E-state index contributed by atoms with van der Waals surface area (Å²) in [6.45, 7) is 5.19. The molecular weight excluding hydrogens is 437 g/mol. The van der Waals surface area contributed by atoms with Crippen molar-refractivity contribution in [2.45, 2.75) is 45.8 Å². The number of pyridine rings is 1. The van der Waals surface area contributed by atoms with E-state index in [0.29, 0.717) is 16.0 Å². The third-order valence-corrected chi connectivity index (χ3v) is 6.97. The largest absolute Gasteiger partial charge is 0.392 e. The molecular formula is C23H25Cl2N3OS. The van der Waals surface area contributed by atoms with Crippen LogP contribution in [-0.2, 0) is 6.61 Å². The van der Waals surface area contributed by atoms with Crippen LogP contribution in [0.3, 0.4) is 0 Å². The molecule has 0 radical (unpaired) electrons. The number of benzene rings is 1. The van der Waals surface area contributed by atoms with Crippen molar-refractivity contribution in [3.8, 4) is 11.3 Å². The molecule has 7 heteroatoms. The summed E-state index contributed by atoms with van der Waals surface area (Å²) in [5.74, 6) is 0.560. The van der Waals surface area contributed by atoms with Crippen LogP contribution in [0.15, 0.2) is 36.5 Å². The maximum atomic E-state index is 9.59. The Morgan fingerprint density at radius 1 is 1.23 bits per heavy atom. The summed E-state index contributed by atoms with van der Waals surface area (Å²) in [6.07, 6.45) is 5.19. The lowest BCUT2D eigenvalue weighted by Crippen LogP contribution is -2.31. The van der Waals surface area contributed by atoms with Crippen molar-refractivity contribution in [1.82, 2.24) is 9.97 Å². The van der Waals surface area contributed by atoms with Gasteiger partial charge in [-0.1, -0.05) is 30.1 Å². The highest BCUT2D eigenvalue weighted by molar-refractivity contribution is 7.16. The summed E-state index contributed by atoms with van der Waals surface area (Å²) in [5.41, 5.74) is 3.72. The molecule has 30 heavy (non-hydrogen) atoms. The van der Waals surface area contributed by atoms with Gasteiger partial charge in [0.2, 0.25) is 0 Å². The average Bonchev–Trinajstić information content (AvgIpc) is 3.49. The summed E-state index contributed by atoms with van der Waals surface area (Å²) in [4.78, 5) is 13.2. The molecule has 4 nitrogen and oxygen atoms in total. The number of hydrogen-bond acceptors (Lipinski definition) is 5. The van der Waals surface area contributed by atoms with Crippen LogP contribution >= 0.6 is 34.5 Å². The summed E-state index contributed by atoms with van der Waals surface area (Å²) in [6, 6.07) is 9.61. The van der Waals surface area contributed by atoms with E-state index < -0.39 is 0 Å². The van der Waals surface area contributed by atoms with E-state index in [1.54, 1.807) is 23.6 Å². The zero-order chi connectivity index (χ0) is 21.3. The molecule has 1 fully saturated rings. The highest BCUT2D eigenvalue weighted by Crippen LogP contribution is 2.47. The van der Waals surface area contributed by atoms with Crippen molar-refractivity contribution in [3.63, 3.8) is 0 Å². The standard InChI is InChI=1S/C23H25Cl2N3OS/c1-3-10-28(22(16-4-5-16)20-11-15(13-29)8-9-26-20)23-27-21(14(2)30-23)18-7-6-17(24)12-19(18)25/h6-9,11-12,16,22,29H,3-5,10,13H2,1-2H3. The Balaban J connectivity index is 1.75. The zero-order valence-corrected chi connectivity index (χ0v) is 19.4. The molecule has 2 heterocycles. The number of thiazole rings is 1. The molecule has 1 unspecified atom stereocenters. The number of aromatic nitrogens is 2. The molecule has 0 spiro atoms. The van der Waals surface area contributed by atoms with Gasteiger partial charge in [-0.3, -0.25) is 4.98 Å². The van der Waals surface area contributed by atoms with Crippen LogP contribution < -0.4 is 4.90 Å². The monoisotopic (exact) mass is 461 g/mol. The summed E-state index contributed by atoms with van der Waals surface area (Å²) < 4.78 is 0. The molecule has 0 amide bonds. The number of aliphatic hydroxyl groups is 1. The predicted octanol–water partition coefficient (Wildman–Crippen LogP) is 6.68. The lowest BCUT2D eigenvalue weighted by molar-refractivity contribution is 0.281. The average molecular weight is 462 g/mol. The van der Waals surface area contributed by atoms with Gasteiger partial charge in [-0.2, -0.15) is 0 Å². The maximum absolute atomic E-state index is 9.59.